The van der Waals surface area contributed by atoms with E-state index in [1.165, 1.54) is 55.3 Å². The fourth-order valence-corrected chi connectivity index (χ4v) is 33.4. The molecule has 46 heavy (non-hydrogen) atoms. The first-order valence-electron chi connectivity index (χ1n) is 15.5. The van der Waals surface area contributed by atoms with Crippen molar-refractivity contribution in [1.29, 1.82) is 0 Å². The number of rotatable bonds is 7. The first-order chi connectivity index (χ1) is 22.7. The van der Waals surface area contributed by atoms with Gasteiger partial charge in [-0.25, -0.2) is 0 Å². The molecule has 5 heteroatoms. The van der Waals surface area contributed by atoms with Crippen LogP contribution < -0.4 is 47.7 Å². The van der Waals surface area contributed by atoms with Crippen LogP contribution >= 0.6 is 27.1 Å². The molecule has 0 bridgehead atoms. The smallest absolute Gasteiger partial charge is 0.113 e. The third kappa shape index (κ3) is 4.65. The maximum Gasteiger partial charge on any atom is 0.113 e. The van der Waals surface area contributed by atoms with Crippen LogP contribution in [0.5, 0.6) is 0 Å². The average molecular weight is 681 g/mol. The first kappa shape index (κ1) is 29.9. The van der Waals surface area contributed by atoms with Crippen molar-refractivity contribution in [3.8, 4) is 0 Å². The van der Waals surface area contributed by atoms with Crippen LogP contribution in [0.2, 0.25) is 0 Å². The van der Waals surface area contributed by atoms with Gasteiger partial charge in [-0.15, -0.1) is 6.07 Å². The molecule has 0 saturated heterocycles. The Morgan fingerprint density at radius 3 is 1.26 bits per heavy atom. The van der Waals surface area contributed by atoms with Crippen LogP contribution in [0.3, 0.4) is 0 Å². The summed E-state index contributed by atoms with van der Waals surface area (Å²) in [6.07, 6.45) is 0. The van der Waals surface area contributed by atoms with E-state index in [1.54, 1.807) is 0 Å². The SMILES string of the molecule is S=P(c1ccccc1)(c1ccccc1)c1cc2[c-](c1)[P+](c1ccccc1)(c1ccccc1)P=P2(c1ccccc1)c1ccccc1. The molecule has 1 aliphatic heterocycles. The van der Waals surface area contributed by atoms with Crippen molar-refractivity contribution in [1.82, 2.24) is 0 Å². The van der Waals surface area contributed by atoms with Crippen molar-refractivity contribution in [2.75, 3.05) is 0 Å². The van der Waals surface area contributed by atoms with E-state index >= 15 is 0 Å². The van der Waals surface area contributed by atoms with E-state index in [-0.39, 0.29) is 0 Å². The number of hydrogen-bond donors (Lipinski definition) is 0. The zero-order valence-electron chi connectivity index (χ0n) is 25.2. The molecule has 0 spiro atoms. The summed E-state index contributed by atoms with van der Waals surface area (Å²) in [6.45, 7) is -4.27. The molecule has 0 amide bonds. The average Bonchev–Trinajstić information content (AvgIpc) is 3.72. The van der Waals surface area contributed by atoms with E-state index in [9.17, 15) is 0 Å². The maximum atomic E-state index is 7.00. The number of hydrogen-bond acceptors (Lipinski definition) is 1. The monoisotopic (exact) mass is 680 g/mol. The van der Waals surface area contributed by atoms with E-state index in [2.05, 4.69) is 194 Å². The van der Waals surface area contributed by atoms with E-state index in [0.717, 1.165) is 0 Å². The molecule has 0 aromatic heterocycles. The first-order valence-corrected chi connectivity index (χ1v) is 24.1. The van der Waals surface area contributed by atoms with Gasteiger partial charge in [-0.1, -0.05) is 175 Å². The third-order valence-electron chi connectivity index (χ3n) is 8.92. The maximum absolute atomic E-state index is 7.00. The molecule has 7 aromatic carbocycles. The topological polar surface area (TPSA) is 0 Å². The Kier molecular flexibility index (Phi) is 7.95. The van der Waals surface area contributed by atoms with Crippen LogP contribution in [0.4, 0.5) is 0 Å². The molecular weight excluding hydrogens is 648 g/mol. The predicted molar refractivity (Wildman–Crippen MR) is 212 cm³/mol. The molecular formula is C41H32P4S. The molecule has 1 aliphatic rings. The molecule has 0 unspecified atom stereocenters. The Morgan fingerprint density at radius 2 is 0.848 bits per heavy atom. The van der Waals surface area contributed by atoms with Gasteiger partial charge >= 0.3 is 0 Å². The van der Waals surface area contributed by atoms with Gasteiger partial charge in [0, 0.05) is 11.9 Å². The molecule has 1 heterocycles. The van der Waals surface area contributed by atoms with Crippen LogP contribution in [-0.4, -0.2) is 0 Å². The lowest BCUT2D eigenvalue weighted by Gasteiger charge is -2.30. The van der Waals surface area contributed by atoms with Gasteiger partial charge in [-0.3, -0.25) is 0 Å². The Hall–Kier alpha value is -3.52. The Morgan fingerprint density at radius 1 is 0.478 bits per heavy atom. The molecule has 0 nitrogen and oxygen atoms in total. The molecule has 0 fully saturated rings. The second-order valence-electron chi connectivity index (χ2n) is 11.5. The zero-order valence-corrected chi connectivity index (χ0v) is 29.6. The van der Waals surface area contributed by atoms with Gasteiger partial charge in [-0.05, 0) is 51.5 Å². The van der Waals surface area contributed by atoms with Gasteiger partial charge in [0.1, 0.15) is 17.6 Å². The van der Waals surface area contributed by atoms with Crippen molar-refractivity contribution in [2.24, 2.45) is 0 Å². The molecule has 7 aromatic rings. The summed E-state index contributed by atoms with van der Waals surface area (Å²) in [5.41, 5.74) is 0. The Balaban J connectivity index is 1.56. The second-order valence-corrected chi connectivity index (χ2v) is 27.4. The summed E-state index contributed by atoms with van der Waals surface area (Å²) >= 11 is 7.00. The van der Waals surface area contributed by atoms with Gasteiger partial charge in [-0.2, -0.15) is 11.4 Å². The fourth-order valence-electron chi connectivity index (χ4n) is 6.83. The molecule has 0 radical (unpaired) electrons. The highest BCUT2D eigenvalue weighted by Gasteiger charge is 2.52. The molecule has 0 atom stereocenters. The van der Waals surface area contributed by atoms with E-state index in [0.29, 0.717) is 0 Å². The highest BCUT2D eigenvalue weighted by molar-refractivity contribution is 8.58. The summed E-state index contributed by atoms with van der Waals surface area (Å²) in [7, 11) is 1.49. The van der Waals surface area contributed by atoms with E-state index in [4.69, 9.17) is 11.8 Å². The van der Waals surface area contributed by atoms with Crippen molar-refractivity contribution < 1.29 is 0 Å². The van der Waals surface area contributed by atoms with Crippen molar-refractivity contribution in [3.63, 3.8) is 0 Å². The lowest BCUT2D eigenvalue weighted by Crippen LogP contribution is -2.32. The quantitative estimate of drug-likeness (QED) is 0.124. The molecule has 8 rings (SSSR count). The largest absolute Gasteiger partial charge is 0.192 e. The van der Waals surface area contributed by atoms with Gasteiger partial charge in [0.05, 0.1) is 7.56 Å². The van der Waals surface area contributed by atoms with Gasteiger partial charge in [0.2, 0.25) is 0 Å². The van der Waals surface area contributed by atoms with Gasteiger partial charge < -0.3 is 0 Å². The number of benzene rings is 6. The van der Waals surface area contributed by atoms with Crippen LogP contribution in [-0.2, 0) is 11.8 Å². The third-order valence-corrected chi connectivity index (χ3v) is 31.4. The van der Waals surface area contributed by atoms with Gasteiger partial charge in [0.15, 0.2) is 0 Å². The highest BCUT2D eigenvalue weighted by atomic mass is 32.4. The molecule has 222 valence electrons. The van der Waals surface area contributed by atoms with Crippen molar-refractivity contribution in [3.05, 3.63) is 194 Å². The Labute approximate surface area is 279 Å². The standard InChI is InChI=1S/C41H32P4S/c46-45(37-27-15-5-16-28-37,38-29-17-6-18-30-38)39-31-40-41(32-39)44(35-23-11-3-12-24-35,36-25-13-4-14-26-36)42-43(40,33-19-7-1-8-20-33)34-21-9-2-10-22-34/h1-32H. The summed E-state index contributed by atoms with van der Waals surface area (Å²) in [6, 6.07) is 70.0. The van der Waals surface area contributed by atoms with Crippen LogP contribution in [0.15, 0.2) is 194 Å². The summed E-state index contributed by atoms with van der Waals surface area (Å²) in [5.74, 6) is 0. The number of fused-ring (bicyclic) bond motifs is 1. The minimum absolute atomic E-state index is 1.24. The summed E-state index contributed by atoms with van der Waals surface area (Å²) < 4.78 is 0. The highest BCUT2D eigenvalue weighted by Crippen LogP contribution is 2.81. The normalized spacial score (nSPS) is 15.0. The minimum atomic E-state index is -2.38. The second kappa shape index (κ2) is 12.3. The van der Waals surface area contributed by atoms with Crippen LogP contribution in [0, 0.1) is 0 Å². The lowest BCUT2D eigenvalue weighted by atomic mass is 10.4. The lowest BCUT2D eigenvalue weighted by molar-refractivity contribution is 1.75. The molecule has 0 aliphatic carbocycles. The van der Waals surface area contributed by atoms with Crippen molar-refractivity contribution >= 4 is 86.6 Å². The summed E-state index contributed by atoms with van der Waals surface area (Å²) in [5, 5.41) is 12.5. The van der Waals surface area contributed by atoms with E-state index in [1.807, 2.05) is 0 Å². The summed E-state index contributed by atoms with van der Waals surface area (Å²) in [4.78, 5) is 0. The Bertz CT molecular complexity index is 2090. The molecule has 0 saturated carbocycles. The molecule has 0 N–H and O–H groups in total. The van der Waals surface area contributed by atoms with Crippen LogP contribution in [0.25, 0.3) is 0 Å². The van der Waals surface area contributed by atoms with Gasteiger partial charge in [0.25, 0.3) is 0 Å². The minimum Gasteiger partial charge on any atom is -0.192 e. The zero-order chi connectivity index (χ0) is 31.0. The van der Waals surface area contributed by atoms with E-state index < -0.39 is 19.5 Å². The fraction of sp³-hybridized carbons (Fsp3) is 0. The van der Waals surface area contributed by atoms with Crippen LogP contribution in [0.1, 0.15) is 0 Å². The van der Waals surface area contributed by atoms with Crippen molar-refractivity contribution in [2.45, 2.75) is 0 Å². The predicted octanol–water partition coefficient (Wildman–Crippen LogP) is 7.54.